The largest absolute Gasteiger partial charge is 0.204 e. The third kappa shape index (κ3) is 2.69. The van der Waals surface area contributed by atoms with E-state index in [1.165, 1.54) is 32.1 Å². The first-order chi connectivity index (χ1) is 7.77. The number of hydrogen-bond donors (Lipinski definition) is 0. The maximum atomic E-state index is 13.3. The molecule has 2 heteroatoms. The first-order valence-corrected chi connectivity index (χ1v) is 5.89. The lowest BCUT2D eigenvalue weighted by Crippen LogP contribution is -2.02. The second kappa shape index (κ2) is 5.24. The normalized spacial score (nSPS) is 18.1. The van der Waals surface area contributed by atoms with E-state index in [0.717, 1.165) is 6.07 Å². The summed E-state index contributed by atoms with van der Waals surface area (Å²) < 4.78 is 26.3. The van der Waals surface area contributed by atoms with Gasteiger partial charge in [-0.05, 0) is 24.8 Å². The number of benzene rings is 1. The first kappa shape index (κ1) is 11.3. The van der Waals surface area contributed by atoms with Gasteiger partial charge in [-0.3, -0.25) is 0 Å². The van der Waals surface area contributed by atoms with Crippen LogP contribution in [0.1, 0.15) is 37.7 Å². The van der Waals surface area contributed by atoms with Crippen molar-refractivity contribution in [2.24, 2.45) is 5.92 Å². The molecule has 0 bridgehead atoms. The van der Waals surface area contributed by atoms with Crippen molar-refractivity contribution in [2.75, 3.05) is 0 Å². The van der Waals surface area contributed by atoms with Gasteiger partial charge in [-0.1, -0.05) is 43.5 Å². The van der Waals surface area contributed by atoms with Gasteiger partial charge in [0.15, 0.2) is 11.6 Å². The van der Waals surface area contributed by atoms with E-state index in [-0.39, 0.29) is 0 Å². The van der Waals surface area contributed by atoms with Crippen molar-refractivity contribution in [3.8, 4) is 0 Å². The predicted molar refractivity (Wildman–Crippen MR) is 62.0 cm³/mol. The standard InChI is InChI=1S/C14H16F2/c15-13-8-4-7-12(14(13)16)10-9-11-5-2-1-3-6-11/h4,7-11H,1-3,5-6H2. The number of allylic oxidation sites excluding steroid dienone is 1. The Labute approximate surface area is 95.0 Å². The van der Waals surface area contributed by atoms with Crippen LogP contribution >= 0.6 is 0 Å². The number of halogens is 2. The lowest BCUT2D eigenvalue weighted by atomic mass is 9.89. The average molecular weight is 222 g/mol. The van der Waals surface area contributed by atoms with Crippen LogP contribution in [-0.4, -0.2) is 0 Å². The van der Waals surface area contributed by atoms with E-state index < -0.39 is 11.6 Å². The highest BCUT2D eigenvalue weighted by atomic mass is 19.2. The highest BCUT2D eigenvalue weighted by Crippen LogP contribution is 2.25. The van der Waals surface area contributed by atoms with Gasteiger partial charge < -0.3 is 0 Å². The van der Waals surface area contributed by atoms with E-state index in [4.69, 9.17) is 0 Å². The van der Waals surface area contributed by atoms with Gasteiger partial charge in [0.05, 0.1) is 0 Å². The molecule has 1 aromatic rings. The van der Waals surface area contributed by atoms with Gasteiger partial charge in [-0.15, -0.1) is 0 Å². The minimum Gasteiger partial charge on any atom is -0.204 e. The number of rotatable bonds is 2. The molecule has 0 N–H and O–H groups in total. The van der Waals surface area contributed by atoms with Crippen LogP contribution < -0.4 is 0 Å². The molecule has 2 rings (SSSR count). The van der Waals surface area contributed by atoms with Gasteiger partial charge >= 0.3 is 0 Å². The molecule has 0 aromatic heterocycles. The SMILES string of the molecule is Fc1cccc(C=CC2CCCCC2)c1F. The zero-order chi connectivity index (χ0) is 11.4. The lowest BCUT2D eigenvalue weighted by Gasteiger charge is -2.17. The highest BCUT2D eigenvalue weighted by Gasteiger charge is 2.10. The fourth-order valence-corrected chi connectivity index (χ4v) is 2.22. The van der Waals surface area contributed by atoms with E-state index >= 15 is 0 Å². The van der Waals surface area contributed by atoms with E-state index in [9.17, 15) is 8.78 Å². The Kier molecular flexibility index (Phi) is 3.70. The molecule has 0 aliphatic heterocycles. The Morgan fingerprint density at radius 3 is 2.56 bits per heavy atom. The monoisotopic (exact) mass is 222 g/mol. The second-order valence-electron chi connectivity index (χ2n) is 4.40. The van der Waals surface area contributed by atoms with Crippen molar-refractivity contribution in [1.29, 1.82) is 0 Å². The quantitative estimate of drug-likeness (QED) is 0.688. The smallest absolute Gasteiger partial charge is 0.166 e. The summed E-state index contributed by atoms with van der Waals surface area (Å²) in [5.41, 5.74) is 0.352. The van der Waals surface area contributed by atoms with Crippen LogP contribution in [0.5, 0.6) is 0 Å². The molecule has 0 heterocycles. The van der Waals surface area contributed by atoms with Crippen LogP contribution in [0.15, 0.2) is 24.3 Å². The summed E-state index contributed by atoms with van der Waals surface area (Å²) in [5.74, 6) is -0.975. The molecule has 0 spiro atoms. The van der Waals surface area contributed by atoms with Crippen LogP contribution in [0.25, 0.3) is 6.08 Å². The van der Waals surface area contributed by atoms with Crippen molar-refractivity contribution in [3.63, 3.8) is 0 Å². The fourth-order valence-electron chi connectivity index (χ4n) is 2.22. The maximum absolute atomic E-state index is 13.3. The third-order valence-electron chi connectivity index (χ3n) is 3.18. The van der Waals surface area contributed by atoms with Crippen LogP contribution in [0.2, 0.25) is 0 Å². The minimum atomic E-state index is -0.772. The molecule has 0 saturated heterocycles. The zero-order valence-corrected chi connectivity index (χ0v) is 9.26. The second-order valence-corrected chi connectivity index (χ2v) is 4.40. The Bertz CT molecular complexity index is 376. The topological polar surface area (TPSA) is 0 Å². The van der Waals surface area contributed by atoms with Gasteiger partial charge in [0.1, 0.15) is 0 Å². The van der Waals surface area contributed by atoms with Gasteiger partial charge in [0, 0.05) is 5.56 Å². The molecule has 1 fully saturated rings. The summed E-state index contributed by atoms with van der Waals surface area (Å²) in [7, 11) is 0. The molecule has 0 amide bonds. The van der Waals surface area contributed by atoms with Gasteiger partial charge in [-0.2, -0.15) is 0 Å². The maximum Gasteiger partial charge on any atom is 0.166 e. The molecule has 1 saturated carbocycles. The van der Waals surface area contributed by atoms with Crippen molar-refractivity contribution < 1.29 is 8.78 Å². The molecule has 16 heavy (non-hydrogen) atoms. The van der Waals surface area contributed by atoms with Gasteiger partial charge in [0.25, 0.3) is 0 Å². The minimum absolute atomic E-state index is 0.352. The summed E-state index contributed by atoms with van der Waals surface area (Å²) in [6.45, 7) is 0. The van der Waals surface area contributed by atoms with Gasteiger partial charge in [-0.25, -0.2) is 8.78 Å². The molecule has 0 radical (unpaired) electrons. The molecule has 0 nitrogen and oxygen atoms in total. The molecule has 0 unspecified atom stereocenters. The van der Waals surface area contributed by atoms with Crippen molar-refractivity contribution >= 4 is 6.08 Å². The van der Waals surface area contributed by atoms with E-state index in [1.807, 2.05) is 6.08 Å². The van der Waals surface area contributed by atoms with E-state index in [2.05, 4.69) is 0 Å². The summed E-state index contributed by atoms with van der Waals surface area (Å²) >= 11 is 0. The van der Waals surface area contributed by atoms with Crippen LogP contribution in [0.4, 0.5) is 8.78 Å². The zero-order valence-electron chi connectivity index (χ0n) is 9.26. The Morgan fingerprint density at radius 1 is 1.06 bits per heavy atom. The molecular formula is C14H16F2. The molecule has 1 aliphatic carbocycles. The Balaban J connectivity index is 2.07. The van der Waals surface area contributed by atoms with Crippen LogP contribution in [-0.2, 0) is 0 Å². The Hall–Kier alpha value is -1.18. The summed E-state index contributed by atoms with van der Waals surface area (Å²) in [6, 6.07) is 4.30. The van der Waals surface area contributed by atoms with Crippen molar-refractivity contribution in [2.45, 2.75) is 32.1 Å². The summed E-state index contributed by atoms with van der Waals surface area (Å²) in [5, 5.41) is 0. The van der Waals surface area contributed by atoms with Crippen molar-refractivity contribution in [3.05, 3.63) is 41.5 Å². The van der Waals surface area contributed by atoms with E-state index in [0.29, 0.717) is 11.5 Å². The van der Waals surface area contributed by atoms with Gasteiger partial charge in [0.2, 0.25) is 0 Å². The predicted octanol–water partition coefficient (Wildman–Crippen LogP) is 4.56. The molecular weight excluding hydrogens is 206 g/mol. The van der Waals surface area contributed by atoms with Crippen LogP contribution in [0.3, 0.4) is 0 Å². The molecule has 0 atom stereocenters. The third-order valence-corrected chi connectivity index (χ3v) is 3.18. The highest BCUT2D eigenvalue weighted by molar-refractivity contribution is 5.50. The Morgan fingerprint density at radius 2 is 1.81 bits per heavy atom. The molecule has 1 aliphatic rings. The first-order valence-electron chi connectivity index (χ1n) is 5.89. The number of hydrogen-bond acceptors (Lipinski definition) is 0. The molecule has 1 aromatic carbocycles. The molecule has 86 valence electrons. The summed E-state index contributed by atoms with van der Waals surface area (Å²) in [4.78, 5) is 0. The van der Waals surface area contributed by atoms with Crippen molar-refractivity contribution in [1.82, 2.24) is 0 Å². The van der Waals surface area contributed by atoms with Crippen LogP contribution in [0, 0.1) is 17.6 Å². The average Bonchev–Trinajstić information content (AvgIpc) is 2.32. The summed E-state index contributed by atoms with van der Waals surface area (Å²) in [6.07, 6.45) is 9.90. The van der Waals surface area contributed by atoms with E-state index in [1.54, 1.807) is 18.2 Å². The fraction of sp³-hybridized carbons (Fsp3) is 0.429. The lowest BCUT2D eigenvalue weighted by molar-refractivity contribution is 0.420.